The van der Waals surface area contributed by atoms with Crippen molar-refractivity contribution in [2.75, 3.05) is 21.3 Å². The molecule has 0 atom stereocenters. The third-order valence-corrected chi connectivity index (χ3v) is 3.33. The van der Waals surface area contributed by atoms with Crippen molar-refractivity contribution in [2.24, 2.45) is 0 Å². The number of aromatic hydroxyl groups is 1. The van der Waals surface area contributed by atoms with Crippen LogP contribution in [-0.4, -0.2) is 26.4 Å². The number of methoxy groups -OCH3 is 3. The topological polar surface area (TPSA) is 71.7 Å². The van der Waals surface area contributed by atoms with Gasteiger partial charge in [0.05, 0.1) is 33.0 Å². The summed E-state index contributed by atoms with van der Waals surface area (Å²) in [7, 11) is 4.58. The summed E-state index contributed by atoms with van der Waals surface area (Å²) in [6, 6.07) is 12.4. The minimum atomic E-state index is 0.0193. The van der Waals surface area contributed by atoms with Crippen LogP contribution in [0.3, 0.4) is 0 Å². The fraction of sp³-hybridized carbons (Fsp3) is 0.167. The number of nitrogens with zero attached hydrogens (tertiary/aromatic N) is 1. The summed E-state index contributed by atoms with van der Waals surface area (Å²) in [5.41, 5.74) is 1.82. The van der Waals surface area contributed by atoms with Crippen molar-refractivity contribution in [2.45, 2.75) is 0 Å². The average molecular weight is 311 g/mol. The fourth-order valence-electron chi connectivity index (χ4n) is 2.15. The van der Waals surface area contributed by atoms with E-state index in [9.17, 15) is 10.4 Å². The molecule has 0 aliphatic rings. The Labute approximate surface area is 135 Å². The molecule has 0 spiro atoms. The molecule has 0 aliphatic carbocycles. The van der Waals surface area contributed by atoms with E-state index < -0.39 is 0 Å². The molecule has 0 aromatic heterocycles. The van der Waals surface area contributed by atoms with Gasteiger partial charge < -0.3 is 19.3 Å². The van der Waals surface area contributed by atoms with Gasteiger partial charge in [-0.25, -0.2) is 0 Å². The van der Waals surface area contributed by atoms with Gasteiger partial charge in [0.2, 0.25) is 0 Å². The Bertz CT molecular complexity index is 775. The van der Waals surface area contributed by atoms with Crippen LogP contribution in [0, 0.1) is 11.3 Å². The third kappa shape index (κ3) is 3.55. The maximum Gasteiger partial charge on any atom is 0.161 e. The van der Waals surface area contributed by atoms with Gasteiger partial charge in [0.1, 0.15) is 0 Å². The number of nitriles is 1. The Hall–Kier alpha value is -3.13. The van der Waals surface area contributed by atoms with Gasteiger partial charge in [-0.15, -0.1) is 0 Å². The molecule has 0 saturated carbocycles. The summed E-state index contributed by atoms with van der Waals surface area (Å²) in [4.78, 5) is 0. The van der Waals surface area contributed by atoms with E-state index in [1.54, 1.807) is 50.6 Å². The van der Waals surface area contributed by atoms with Crippen LogP contribution in [0.15, 0.2) is 36.4 Å². The van der Waals surface area contributed by atoms with Crippen LogP contribution in [0.25, 0.3) is 11.6 Å². The van der Waals surface area contributed by atoms with Gasteiger partial charge in [0.15, 0.2) is 23.0 Å². The number of benzene rings is 2. The molecule has 5 nitrogen and oxygen atoms in total. The molecule has 0 unspecified atom stereocenters. The zero-order valence-corrected chi connectivity index (χ0v) is 13.2. The Morgan fingerprint density at radius 2 is 1.61 bits per heavy atom. The van der Waals surface area contributed by atoms with Gasteiger partial charge in [-0.3, -0.25) is 0 Å². The predicted molar refractivity (Wildman–Crippen MR) is 87.7 cm³/mol. The molecule has 0 bridgehead atoms. The molecule has 0 amide bonds. The number of phenols is 1. The summed E-state index contributed by atoms with van der Waals surface area (Å²) >= 11 is 0. The van der Waals surface area contributed by atoms with Crippen molar-refractivity contribution in [3.63, 3.8) is 0 Å². The number of ether oxygens (including phenoxy) is 3. The largest absolute Gasteiger partial charge is 0.504 e. The first-order valence-corrected chi connectivity index (χ1v) is 6.84. The van der Waals surface area contributed by atoms with Crippen molar-refractivity contribution in [3.05, 3.63) is 47.5 Å². The lowest BCUT2D eigenvalue weighted by molar-refractivity contribution is 0.355. The number of allylic oxidation sites excluding steroid dienone is 1. The second-order valence-electron chi connectivity index (χ2n) is 4.67. The molecule has 0 radical (unpaired) electrons. The van der Waals surface area contributed by atoms with Crippen LogP contribution in [0.2, 0.25) is 0 Å². The normalized spacial score (nSPS) is 10.8. The predicted octanol–water partition coefficient (Wildman–Crippen LogP) is 3.48. The molecule has 0 fully saturated rings. The summed E-state index contributed by atoms with van der Waals surface area (Å²) in [5, 5.41) is 19.2. The van der Waals surface area contributed by atoms with Crippen molar-refractivity contribution in [1.82, 2.24) is 0 Å². The highest BCUT2D eigenvalue weighted by molar-refractivity contribution is 5.90. The lowest BCUT2D eigenvalue weighted by atomic mass is 10.0. The molecule has 5 heteroatoms. The van der Waals surface area contributed by atoms with Gasteiger partial charge >= 0.3 is 0 Å². The molecular weight excluding hydrogens is 294 g/mol. The summed E-state index contributed by atoms with van der Waals surface area (Å²) in [6.45, 7) is 0. The van der Waals surface area contributed by atoms with Gasteiger partial charge in [-0.1, -0.05) is 6.07 Å². The SMILES string of the molecule is COc1ccc(/C=C(/C#N)c2ccc(OC)c(OC)c2)cc1O. The minimum absolute atomic E-state index is 0.0193. The van der Waals surface area contributed by atoms with Crippen LogP contribution in [0.4, 0.5) is 0 Å². The first kappa shape index (κ1) is 16.2. The Morgan fingerprint density at radius 1 is 0.957 bits per heavy atom. The zero-order valence-electron chi connectivity index (χ0n) is 13.2. The lowest BCUT2D eigenvalue weighted by Gasteiger charge is -2.09. The third-order valence-electron chi connectivity index (χ3n) is 3.33. The maximum atomic E-state index is 9.82. The van der Waals surface area contributed by atoms with Gasteiger partial charge in [-0.2, -0.15) is 5.26 Å². The first-order valence-electron chi connectivity index (χ1n) is 6.84. The molecule has 2 aromatic carbocycles. The maximum absolute atomic E-state index is 9.82. The second kappa shape index (κ2) is 7.23. The van der Waals surface area contributed by atoms with E-state index in [4.69, 9.17) is 14.2 Å². The van der Waals surface area contributed by atoms with E-state index in [0.29, 0.717) is 33.9 Å². The van der Waals surface area contributed by atoms with Crippen molar-refractivity contribution in [3.8, 4) is 29.1 Å². The van der Waals surface area contributed by atoms with E-state index >= 15 is 0 Å². The van der Waals surface area contributed by atoms with E-state index in [2.05, 4.69) is 6.07 Å². The van der Waals surface area contributed by atoms with Crippen molar-refractivity contribution < 1.29 is 19.3 Å². The summed E-state index contributed by atoms with van der Waals surface area (Å²) in [6.07, 6.45) is 1.68. The summed E-state index contributed by atoms with van der Waals surface area (Å²) < 4.78 is 15.4. The first-order chi connectivity index (χ1) is 11.1. The minimum Gasteiger partial charge on any atom is -0.504 e. The highest BCUT2D eigenvalue weighted by Gasteiger charge is 2.09. The van der Waals surface area contributed by atoms with Gasteiger partial charge in [0, 0.05) is 0 Å². The van der Waals surface area contributed by atoms with E-state index in [1.165, 1.54) is 13.2 Å². The monoisotopic (exact) mass is 311 g/mol. The number of hydrogen-bond acceptors (Lipinski definition) is 5. The van der Waals surface area contributed by atoms with E-state index in [0.717, 1.165) is 0 Å². The molecule has 2 aromatic rings. The molecule has 0 saturated heterocycles. The molecular formula is C18H17NO4. The van der Waals surface area contributed by atoms with Crippen molar-refractivity contribution >= 4 is 11.6 Å². The highest BCUT2D eigenvalue weighted by atomic mass is 16.5. The van der Waals surface area contributed by atoms with E-state index in [-0.39, 0.29) is 5.75 Å². The molecule has 118 valence electrons. The van der Waals surface area contributed by atoms with Crippen LogP contribution in [0.1, 0.15) is 11.1 Å². The zero-order chi connectivity index (χ0) is 16.8. The van der Waals surface area contributed by atoms with Crippen molar-refractivity contribution in [1.29, 1.82) is 5.26 Å². The number of phenolic OH excluding ortho intramolecular Hbond substituents is 1. The molecule has 2 rings (SSSR count). The smallest absolute Gasteiger partial charge is 0.161 e. The van der Waals surface area contributed by atoms with Gasteiger partial charge in [-0.05, 0) is 47.5 Å². The Morgan fingerprint density at radius 3 is 2.17 bits per heavy atom. The number of rotatable bonds is 5. The van der Waals surface area contributed by atoms with Crippen LogP contribution in [-0.2, 0) is 0 Å². The van der Waals surface area contributed by atoms with Crippen LogP contribution < -0.4 is 14.2 Å². The summed E-state index contributed by atoms with van der Waals surface area (Å²) in [5.74, 6) is 1.54. The molecule has 0 heterocycles. The highest BCUT2D eigenvalue weighted by Crippen LogP contribution is 2.32. The van der Waals surface area contributed by atoms with E-state index in [1.807, 2.05) is 0 Å². The quantitative estimate of drug-likeness (QED) is 0.676. The molecule has 1 N–H and O–H groups in total. The Balaban J connectivity index is 2.43. The van der Waals surface area contributed by atoms with Gasteiger partial charge in [0.25, 0.3) is 0 Å². The average Bonchev–Trinajstić information content (AvgIpc) is 2.59. The van der Waals surface area contributed by atoms with Crippen LogP contribution >= 0.6 is 0 Å². The molecule has 23 heavy (non-hydrogen) atoms. The number of hydrogen-bond donors (Lipinski definition) is 1. The Kier molecular flexibility index (Phi) is 5.11. The fourth-order valence-corrected chi connectivity index (χ4v) is 2.15. The second-order valence-corrected chi connectivity index (χ2v) is 4.67. The van der Waals surface area contributed by atoms with Crippen LogP contribution in [0.5, 0.6) is 23.0 Å². The standard InChI is InChI=1S/C18H17NO4/c1-21-16-6-4-12(9-15(16)20)8-14(11-19)13-5-7-17(22-2)18(10-13)23-3/h4-10,20H,1-3H3/b14-8-. The lowest BCUT2D eigenvalue weighted by Crippen LogP contribution is -1.92. The molecule has 0 aliphatic heterocycles.